The zero-order valence-electron chi connectivity index (χ0n) is 8.13. The highest BCUT2D eigenvalue weighted by molar-refractivity contribution is 7.07. The van der Waals surface area contributed by atoms with Gasteiger partial charge in [0.1, 0.15) is 5.84 Å². The third kappa shape index (κ3) is 2.63. The molecule has 0 radical (unpaired) electrons. The minimum absolute atomic E-state index is 0.546. The van der Waals surface area contributed by atoms with Gasteiger partial charge in [-0.3, -0.25) is 4.99 Å². The lowest BCUT2D eigenvalue weighted by atomic mass is 10.2. The average molecular weight is 217 g/mol. The van der Waals surface area contributed by atoms with Crippen LogP contribution in [0.25, 0.3) is 0 Å². The smallest absolute Gasteiger partial charge is 0.126 e. The molecule has 0 saturated carbocycles. The van der Waals surface area contributed by atoms with Crippen molar-refractivity contribution in [1.82, 2.24) is 4.98 Å². The molecule has 0 bridgehead atoms. The molecule has 0 amide bonds. The molecule has 2 N–H and O–H groups in total. The molecule has 0 aliphatic rings. The van der Waals surface area contributed by atoms with Gasteiger partial charge in [0.15, 0.2) is 0 Å². The van der Waals surface area contributed by atoms with Gasteiger partial charge in [-0.05, 0) is 0 Å². The minimum Gasteiger partial charge on any atom is -0.383 e. The van der Waals surface area contributed by atoms with Gasteiger partial charge in [0.05, 0.1) is 17.7 Å². The lowest BCUT2D eigenvalue weighted by molar-refractivity contribution is 1.01. The zero-order chi connectivity index (χ0) is 10.5. The molecule has 15 heavy (non-hydrogen) atoms. The van der Waals surface area contributed by atoms with E-state index in [1.54, 1.807) is 16.8 Å². The number of hydrogen-bond acceptors (Lipinski definition) is 3. The van der Waals surface area contributed by atoms with Crippen molar-refractivity contribution >= 4 is 17.2 Å². The van der Waals surface area contributed by atoms with Crippen LogP contribution in [-0.2, 0) is 6.54 Å². The first-order valence-electron chi connectivity index (χ1n) is 4.58. The van der Waals surface area contributed by atoms with Gasteiger partial charge in [-0.25, -0.2) is 4.98 Å². The number of amidine groups is 1. The maximum absolute atomic E-state index is 5.84. The van der Waals surface area contributed by atoms with Crippen molar-refractivity contribution in [1.29, 1.82) is 0 Å². The van der Waals surface area contributed by atoms with E-state index in [-0.39, 0.29) is 0 Å². The fourth-order valence-corrected chi connectivity index (χ4v) is 1.73. The number of hydrogen-bond donors (Lipinski definition) is 1. The Bertz CT molecular complexity index is 434. The molecule has 4 heteroatoms. The molecule has 1 aromatic carbocycles. The molecule has 76 valence electrons. The molecule has 2 rings (SSSR count). The molecule has 0 spiro atoms. The number of aromatic nitrogens is 1. The molecule has 0 aliphatic carbocycles. The van der Waals surface area contributed by atoms with E-state index in [4.69, 9.17) is 5.73 Å². The lowest BCUT2D eigenvalue weighted by Crippen LogP contribution is -2.13. The quantitative estimate of drug-likeness (QED) is 0.632. The molecule has 1 aromatic heterocycles. The van der Waals surface area contributed by atoms with Crippen LogP contribution in [0.3, 0.4) is 0 Å². The van der Waals surface area contributed by atoms with Crippen LogP contribution in [0.15, 0.2) is 46.2 Å². The van der Waals surface area contributed by atoms with E-state index >= 15 is 0 Å². The van der Waals surface area contributed by atoms with E-state index in [9.17, 15) is 0 Å². The summed E-state index contributed by atoms with van der Waals surface area (Å²) < 4.78 is 0. The Morgan fingerprint density at radius 2 is 2.13 bits per heavy atom. The van der Waals surface area contributed by atoms with Crippen molar-refractivity contribution in [2.45, 2.75) is 6.54 Å². The number of rotatable bonds is 3. The van der Waals surface area contributed by atoms with Gasteiger partial charge >= 0.3 is 0 Å². The van der Waals surface area contributed by atoms with Gasteiger partial charge in [-0.1, -0.05) is 30.3 Å². The minimum atomic E-state index is 0.546. The van der Waals surface area contributed by atoms with Crippen molar-refractivity contribution in [3.8, 4) is 0 Å². The fourth-order valence-electron chi connectivity index (χ4n) is 1.18. The standard InChI is InChI=1S/C11H11N3S/c12-11(9-4-2-1-3-5-9)13-6-10-7-15-8-14-10/h1-5,7-8H,6H2,(H2,12,13). The van der Waals surface area contributed by atoms with Crippen LogP contribution in [0.4, 0.5) is 0 Å². The SMILES string of the molecule is NC(=NCc1cscn1)c1ccccc1. The summed E-state index contributed by atoms with van der Waals surface area (Å²) >= 11 is 1.57. The topological polar surface area (TPSA) is 51.3 Å². The van der Waals surface area contributed by atoms with Crippen molar-refractivity contribution in [3.05, 3.63) is 52.5 Å². The maximum Gasteiger partial charge on any atom is 0.126 e. The van der Waals surface area contributed by atoms with Crippen LogP contribution in [0.1, 0.15) is 11.3 Å². The highest BCUT2D eigenvalue weighted by Crippen LogP contribution is 2.04. The molecule has 0 unspecified atom stereocenters. The Balaban J connectivity index is 2.08. The van der Waals surface area contributed by atoms with Crippen LogP contribution < -0.4 is 5.73 Å². The summed E-state index contributed by atoms with van der Waals surface area (Å²) in [6, 6.07) is 9.73. The van der Waals surface area contributed by atoms with E-state index in [0.29, 0.717) is 12.4 Å². The summed E-state index contributed by atoms with van der Waals surface area (Å²) in [5.74, 6) is 0.559. The molecule has 0 aliphatic heterocycles. The number of nitrogens with zero attached hydrogens (tertiary/aromatic N) is 2. The normalized spacial score (nSPS) is 11.6. The van der Waals surface area contributed by atoms with Gasteiger partial charge < -0.3 is 5.73 Å². The molecule has 0 fully saturated rings. The Morgan fingerprint density at radius 3 is 2.80 bits per heavy atom. The van der Waals surface area contributed by atoms with Crippen molar-refractivity contribution in [2.75, 3.05) is 0 Å². The van der Waals surface area contributed by atoms with E-state index in [1.165, 1.54) is 0 Å². The highest BCUT2D eigenvalue weighted by atomic mass is 32.1. The van der Waals surface area contributed by atoms with Crippen molar-refractivity contribution in [3.63, 3.8) is 0 Å². The molecule has 1 heterocycles. The van der Waals surface area contributed by atoms with Gasteiger partial charge in [-0.2, -0.15) is 0 Å². The second kappa shape index (κ2) is 4.70. The Morgan fingerprint density at radius 1 is 1.33 bits per heavy atom. The number of benzene rings is 1. The lowest BCUT2D eigenvalue weighted by Gasteiger charge is -1.99. The monoisotopic (exact) mass is 217 g/mol. The van der Waals surface area contributed by atoms with Crippen molar-refractivity contribution < 1.29 is 0 Å². The average Bonchev–Trinajstić information content (AvgIpc) is 2.80. The van der Waals surface area contributed by atoms with Crippen LogP contribution in [0, 0.1) is 0 Å². The molecular formula is C11H11N3S. The number of aliphatic imine (C=N–C) groups is 1. The van der Waals surface area contributed by atoms with Gasteiger partial charge in [0.25, 0.3) is 0 Å². The molecule has 2 aromatic rings. The highest BCUT2D eigenvalue weighted by Gasteiger charge is 1.97. The van der Waals surface area contributed by atoms with E-state index in [1.807, 2.05) is 35.7 Å². The van der Waals surface area contributed by atoms with Crippen molar-refractivity contribution in [2.24, 2.45) is 10.7 Å². The Labute approximate surface area is 92.3 Å². The van der Waals surface area contributed by atoms with Crippen LogP contribution in [-0.4, -0.2) is 10.8 Å². The number of nitrogens with two attached hydrogens (primary N) is 1. The second-order valence-corrected chi connectivity index (χ2v) is 3.77. The van der Waals surface area contributed by atoms with Gasteiger partial charge in [0.2, 0.25) is 0 Å². The first-order valence-corrected chi connectivity index (χ1v) is 5.53. The van der Waals surface area contributed by atoms with E-state index in [2.05, 4.69) is 9.98 Å². The summed E-state index contributed by atoms with van der Waals surface area (Å²) in [4.78, 5) is 8.41. The molecule has 0 saturated heterocycles. The zero-order valence-corrected chi connectivity index (χ0v) is 8.95. The predicted molar refractivity (Wildman–Crippen MR) is 63.0 cm³/mol. The first-order chi connectivity index (χ1) is 7.36. The summed E-state index contributed by atoms with van der Waals surface area (Å²) in [6.07, 6.45) is 0. The summed E-state index contributed by atoms with van der Waals surface area (Å²) in [5, 5.41) is 1.97. The second-order valence-electron chi connectivity index (χ2n) is 3.05. The van der Waals surface area contributed by atoms with E-state index in [0.717, 1.165) is 11.3 Å². The predicted octanol–water partition coefficient (Wildman–Crippen LogP) is 2.05. The molecule has 0 atom stereocenters. The first kappa shape index (κ1) is 9.86. The summed E-state index contributed by atoms with van der Waals surface area (Å²) in [7, 11) is 0. The van der Waals surface area contributed by atoms with Crippen LogP contribution in [0.2, 0.25) is 0 Å². The molecular weight excluding hydrogens is 206 g/mol. The third-order valence-corrected chi connectivity index (χ3v) is 2.60. The Kier molecular flexibility index (Phi) is 3.09. The Hall–Kier alpha value is -1.68. The summed E-state index contributed by atoms with van der Waals surface area (Å²) in [6.45, 7) is 0.546. The fraction of sp³-hybridized carbons (Fsp3) is 0.0909. The third-order valence-electron chi connectivity index (χ3n) is 1.96. The van der Waals surface area contributed by atoms with Crippen LogP contribution >= 0.6 is 11.3 Å². The van der Waals surface area contributed by atoms with Gasteiger partial charge in [-0.15, -0.1) is 11.3 Å². The van der Waals surface area contributed by atoms with Gasteiger partial charge in [0, 0.05) is 10.9 Å². The largest absolute Gasteiger partial charge is 0.383 e. The summed E-state index contributed by atoms with van der Waals surface area (Å²) in [5.41, 5.74) is 9.54. The van der Waals surface area contributed by atoms with E-state index < -0.39 is 0 Å². The number of thiazole rings is 1. The maximum atomic E-state index is 5.84. The van der Waals surface area contributed by atoms with Crippen LogP contribution in [0.5, 0.6) is 0 Å². The molecule has 3 nitrogen and oxygen atoms in total.